The van der Waals surface area contributed by atoms with Gasteiger partial charge in [0.25, 0.3) is 0 Å². The molecule has 4 nitrogen and oxygen atoms in total. The van der Waals surface area contributed by atoms with E-state index in [4.69, 9.17) is 5.11 Å². The fraction of sp³-hybridized carbons (Fsp3) is 1.00. The maximum absolute atomic E-state index is 9.48. The third kappa shape index (κ3) is 3.23. The number of hydrogen-bond acceptors (Lipinski definition) is 4. The van der Waals surface area contributed by atoms with E-state index in [9.17, 15) is 10.2 Å². The molecule has 3 atom stereocenters. The van der Waals surface area contributed by atoms with Crippen LogP contribution in [0, 0.1) is 0 Å². The van der Waals surface area contributed by atoms with E-state index in [1.165, 1.54) is 0 Å². The lowest BCUT2D eigenvalue weighted by atomic mass is 10.1. The van der Waals surface area contributed by atoms with Crippen LogP contribution in [0.2, 0.25) is 0 Å². The van der Waals surface area contributed by atoms with Crippen molar-refractivity contribution in [1.82, 2.24) is 5.32 Å². The van der Waals surface area contributed by atoms with Crippen LogP contribution in [0.1, 0.15) is 26.2 Å². The molecule has 1 aliphatic carbocycles. The van der Waals surface area contributed by atoms with E-state index in [1.54, 1.807) is 6.92 Å². The summed E-state index contributed by atoms with van der Waals surface area (Å²) in [5.41, 5.74) is -1.08. The van der Waals surface area contributed by atoms with Crippen LogP contribution >= 0.6 is 0 Å². The van der Waals surface area contributed by atoms with Gasteiger partial charge in [-0.1, -0.05) is 0 Å². The molecule has 3 unspecified atom stereocenters. The van der Waals surface area contributed by atoms with E-state index in [0.717, 1.165) is 19.3 Å². The standard InChI is InChI=1S/C9H19NO3/c1-9(13,6-11)5-10-7-3-2-4-8(7)12/h7-8,10-13H,2-6H2,1H3. The van der Waals surface area contributed by atoms with Crippen LogP contribution in [0.25, 0.3) is 0 Å². The van der Waals surface area contributed by atoms with Crippen molar-refractivity contribution in [2.24, 2.45) is 0 Å². The fourth-order valence-corrected chi connectivity index (χ4v) is 1.59. The molecule has 0 aromatic rings. The highest BCUT2D eigenvalue weighted by Crippen LogP contribution is 2.19. The Bertz CT molecular complexity index is 161. The second-order valence-electron chi connectivity index (χ2n) is 4.14. The molecule has 4 N–H and O–H groups in total. The monoisotopic (exact) mass is 189 g/mol. The van der Waals surface area contributed by atoms with Crippen molar-refractivity contribution in [2.45, 2.75) is 43.9 Å². The van der Waals surface area contributed by atoms with Crippen molar-refractivity contribution in [3.05, 3.63) is 0 Å². The van der Waals surface area contributed by atoms with Gasteiger partial charge in [-0.15, -0.1) is 0 Å². The summed E-state index contributed by atoms with van der Waals surface area (Å²) in [7, 11) is 0. The third-order valence-corrected chi connectivity index (χ3v) is 2.57. The first-order valence-electron chi connectivity index (χ1n) is 4.80. The molecule has 78 valence electrons. The average Bonchev–Trinajstić information content (AvgIpc) is 2.48. The van der Waals surface area contributed by atoms with Gasteiger partial charge in [0.1, 0.15) is 0 Å². The zero-order valence-electron chi connectivity index (χ0n) is 8.03. The van der Waals surface area contributed by atoms with E-state index in [1.807, 2.05) is 0 Å². The van der Waals surface area contributed by atoms with Crippen LogP contribution in [0.4, 0.5) is 0 Å². The Labute approximate surface area is 78.6 Å². The summed E-state index contributed by atoms with van der Waals surface area (Å²) in [6, 6.07) is 0.0815. The molecule has 1 aliphatic rings. The van der Waals surface area contributed by atoms with Gasteiger partial charge >= 0.3 is 0 Å². The van der Waals surface area contributed by atoms with Crippen LogP contribution in [0.15, 0.2) is 0 Å². The molecule has 1 fully saturated rings. The highest BCUT2D eigenvalue weighted by molar-refractivity contribution is 4.85. The Morgan fingerprint density at radius 3 is 2.62 bits per heavy atom. The number of nitrogens with one attached hydrogen (secondary N) is 1. The number of aliphatic hydroxyl groups is 3. The van der Waals surface area contributed by atoms with E-state index in [-0.39, 0.29) is 18.8 Å². The largest absolute Gasteiger partial charge is 0.393 e. The lowest BCUT2D eigenvalue weighted by Crippen LogP contribution is -2.47. The Hall–Kier alpha value is -0.160. The molecule has 13 heavy (non-hydrogen) atoms. The molecule has 0 heterocycles. The van der Waals surface area contributed by atoms with Gasteiger partial charge in [-0.05, 0) is 26.2 Å². The summed E-state index contributed by atoms with van der Waals surface area (Å²) >= 11 is 0. The van der Waals surface area contributed by atoms with Gasteiger partial charge in [-0.2, -0.15) is 0 Å². The van der Waals surface area contributed by atoms with Crippen LogP contribution < -0.4 is 5.32 Å². The Morgan fingerprint density at radius 2 is 2.15 bits per heavy atom. The fourth-order valence-electron chi connectivity index (χ4n) is 1.59. The third-order valence-electron chi connectivity index (χ3n) is 2.57. The minimum absolute atomic E-state index is 0.0815. The van der Waals surface area contributed by atoms with E-state index < -0.39 is 5.60 Å². The van der Waals surface area contributed by atoms with Crippen molar-refractivity contribution in [3.63, 3.8) is 0 Å². The summed E-state index contributed by atoms with van der Waals surface area (Å²) < 4.78 is 0. The molecule has 0 aromatic heterocycles. The Kier molecular flexibility index (Phi) is 3.67. The van der Waals surface area contributed by atoms with Gasteiger partial charge in [-0.3, -0.25) is 0 Å². The van der Waals surface area contributed by atoms with Gasteiger partial charge < -0.3 is 20.6 Å². The minimum Gasteiger partial charge on any atom is -0.393 e. The quantitative estimate of drug-likeness (QED) is 0.469. The molecule has 0 aromatic carbocycles. The van der Waals surface area contributed by atoms with E-state index in [0.29, 0.717) is 6.54 Å². The molecule has 0 spiro atoms. The maximum Gasteiger partial charge on any atom is 0.0972 e. The molecule has 0 saturated heterocycles. The zero-order valence-corrected chi connectivity index (χ0v) is 8.03. The molecule has 1 rings (SSSR count). The molecular weight excluding hydrogens is 170 g/mol. The summed E-state index contributed by atoms with van der Waals surface area (Å²) in [5, 5.41) is 30.8. The van der Waals surface area contributed by atoms with Crippen LogP contribution in [0.3, 0.4) is 0 Å². The van der Waals surface area contributed by atoms with E-state index in [2.05, 4.69) is 5.32 Å². The zero-order chi connectivity index (χ0) is 9.90. The topological polar surface area (TPSA) is 72.7 Å². The first-order valence-corrected chi connectivity index (χ1v) is 4.80. The average molecular weight is 189 g/mol. The molecule has 0 aliphatic heterocycles. The predicted octanol–water partition coefficient (Wildman–Crippen LogP) is -0.767. The normalized spacial score (nSPS) is 33.2. The molecular formula is C9H19NO3. The van der Waals surface area contributed by atoms with Crippen LogP contribution in [-0.2, 0) is 0 Å². The highest BCUT2D eigenvalue weighted by Gasteiger charge is 2.27. The van der Waals surface area contributed by atoms with Gasteiger partial charge in [0, 0.05) is 12.6 Å². The van der Waals surface area contributed by atoms with Gasteiger partial charge in [0.2, 0.25) is 0 Å². The second-order valence-corrected chi connectivity index (χ2v) is 4.14. The molecule has 0 bridgehead atoms. The number of aliphatic hydroxyl groups excluding tert-OH is 2. The molecule has 0 radical (unpaired) electrons. The molecule has 4 heteroatoms. The minimum atomic E-state index is -1.08. The molecule has 1 saturated carbocycles. The lowest BCUT2D eigenvalue weighted by molar-refractivity contribution is -0.00242. The number of rotatable bonds is 4. The summed E-state index contributed by atoms with van der Waals surface area (Å²) in [5.74, 6) is 0. The van der Waals surface area contributed by atoms with E-state index >= 15 is 0 Å². The second kappa shape index (κ2) is 4.37. The first-order chi connectivity index (χ1) is 6.05. The van der Waals surface area contributed by atoms with Crippen molar-refractivity contribution >= 4 is 0 Å². The Morgan fingerprint density at radius 1 is 1.46 bits per heavy atom. The van der Waals surface area contributed by atoms with Crippen LogP contribution in [0.5, 0.6) is 0 Å². The van der Waals surface area contributed by atoms with Crippen molar-refractivity contribution in [3.8, 4) is 0 Å². The number of hydrogen-bond donors (Lipinski definition) is 4. The van der Waals surface area contributed by atoms with Crippen LogP contribution in [-0.4, -0.2) is 46.2 Å². The van der Waals surface area contributed by atoms with Gasteiger partial charge in [0.05, 0.1) is 18.3 Å². The SMILES string of the molecule is CC(O)(CO)CNC1CCCC1O. The summed E-state index contributed by atoms with van der Waals surface area (Å²) in [4.78, 5) is 0. The molecule has 0 amide bonds. The smallest absolute Gasteiger partial charge is 0.0972 e. The van der Waals surface area contributed by atoms with Crippen molar-refractivity contribution in [1.29, 1.82) is 0 Å². The summed E-state index contributed by atoms with van der Waals surface area (Å²) in [6.07, 6.45) is 2.51. The summed E-state index contributed by atoms with van der Waals surface area (Å²) in [6.45, 7) is 1.63. The highest BCUT2D eigenvalue weighted by atomic mass is 16.3. The lowest BCUT2D eigenvalue weighted by Gasteiger charge is -2.24. The Balaban J connectivity index is 2.25. The maximum atomic E-state index is 9.48. The van der Waals surface area contributed by atoms with Gasteiger partial charge in [-0.25, -0.2) is 0 Å². The predicted molar refractivity (Wildman–Crippen MR) is 49.4 cm³/mol. The van der Waals surface area contributed by atoms with Gasteiger partial charge in [0.15, 0.2) is 0 Å². The van der Waals surface area contributed by atoms with Crippen molar-refractivity contribution < 1.29 is 15.3 Å². The first kappa shape index (κ1) is 10.9. The van der Waals surface area contributed by atoms with Crippen molar-refractivity contribution in [2.75, 3.05) is 13.2 Å².